The maximum absolute atomic E-state index is 13.4. The largest absolute Gasteiger partial charge is 0.344 e. The van der Waals surface area contributed by atoms with Crippen LogP contribution in [0.3, 0.4) is 0 Å². The third-order valence-electron chi connectivity index (χ3n) is 6.98. The maximum atomic E-state index is 13.4. The van der Waals surface area contributed by atoms with Gasteiger partial charge in [-0.3, -0.25) is 24.3 Å². The molecule has 1 aliphatic heterocycles. The van der Waals surface area contributed by atoms with Gasteiger partial charge in [-0.25, -0.2) is 0 Å². The molecule has 10 nitrogen and oxygen atoms in total. The van der Waals surface area contributed by atoms with Crippen molar-refractivity contribution in [3.8, 4) is 0 Å². The summed E-state index contributed by atoms with van der Waals surface area (Å²) in [7, 11) is 0. The third kappa shape index (κ3) is 6.18. The number of anilines is 1. The minimum Gasteiger partial charge on any atom is -0.344 e. The fourth-order valence-electron chi connectivity index (χ4n) is 4.90. The van der Waals surface area contributed by atoms with Crippen molar-refractivity contribution >= 4 is 29.0 Å². The number of ketones is 1. The minimum absolute atomic E-state index is 0.115. The van der Waals surface area contributed by atoms with Crippen LogP contribution in [-0.4, -0.2) is 52.2 Å². The number of rotatable bonds is 9. The number of nitrogens with two attached hydrogens (primary N) is 1. The summed E-state index contributed by atoms with van der Waals surface area (Å²) in [6, 6.07) is 23.5. The second-order valence-electron chi connectivity index (χ2n) is 10.6. The van der Waals surface area contributed by atoms with E-state index >= 15 is 0 Å². The molecule has 2 heterocycles. The zero-order valence-electron chi connectivity index (χ0n) is 23.7. The minimum atomic E-state index is -1.21. The number of benzene rings is 3. The number of Topliss-reactive ketones (excluding diaryl/α,β-unsaturated/α-hetero) is 1. The average Bonchev–Trinajstić information content (AvgIpc) is 3.42. The van der Waals surface area contributed by atoms with E-state index in [1.54, 1.807) is 26.0 Å². The van der Waals surface area contributed by atoms with E-state index < -0.39 is 29.8 Å². The summed E-state index contributed by atoms with van der Waals surface area (Å²) >= 11 is 0. The lowest BCUT2D eigenvalue weighted by atomic mass is 9.99. The average molecular weight is 565 g/mol. The normalized spacial score (nSPS) is 15.5. The summed E-state index contributed by atoms with van der Waals surface area (Å²) in [4.78, 5) is 50.2. The smallest absolute Gasteiger partial charge is 0.266 e. The van der Waals surface area contributed by atoms with Gasteiger partial charge in [-0.1, -0.05) is 97.4 Å². The Kier molecular flexibility index (Phi) is 8.35. The molecule has 3 aromatic carbocycles. The zero-order valence-corrected chi connectivity index (χ0v) is 23.7. The molecule has 0 spiro atoms. The molecule has 0 fully saturated rings. The third-order valence-corrected chi connectivity index (χ3v) is 6.98. The number of fused-ring (bicyclic) bond motifs is 1. The van der Waals surface area contributed by atoms with Gasteiger partial charge in [0.15, 0.2) is 6.17 Å². The van der Waals surface area contributed by atoms with Gasteiger partial charge in [0.05, 0.1) is 23.9 Å². The summed E-state index contributed by atoms with van der Waals surface area (Å²) in [5, 5.41) is 6.65. The number of para-hydroxylation sites is 1. The Morgan fingerprint density at radius 2 is 1.76 bits per heavy atom. The molecule has 0 radical (unpaired) electrons. The van der Waals surface area contributed by atoms with Gasteiger partial charge in [-0.2, -0.15) is 4.98 Å². The molecule has 4 aromatic rings. The number of nitrogens with one attached hydrogen (secondary N) is 1. The maximum Gasteiger partial charge on any atom is 0.266 e. The van der Waals surface area contributed by atoms with Crippen LogP contribution in [0, 0.1) is 12.8 Å². The molecule has 1 aromatic heterocycles. The lowest BCUT2D eigenvalue weighted by Gasteiger charge is -2.26. The Hall–Kier alpha value is -4.96. The Morgan fingerprint density at radius 3 is 2.50 bits per heavy atom. The Morgan fingerprint density at radius 1 is 1.02 bits per heavy atom. The van der Waals surface area contributed by atoms with Crippen LogP contribution in [0.4, 0.5) is 5.69 Å². The van der Waals surface area contributed by atoms with Gasteiger partial charge < -0.3 is 15.6 Å². The van der Waals surface area contributed by atoms with Crippen molar-refractivity contribution in [2.75, 3.05) is 11.4 Å². The molecule has 0 aliphatic carbocycles. The van der Waals surface area contributed by atoms with Gasteiger partial charge in [0.1, 0.15) is 6.54 Å². The molecular weight excluding hydrogens is 532 g/mol. The lowest BCUT2D eigenvalue weighted by molar-refractivity contribution is -0.124. The monoisotopic (exact) mass is 564 g/mol. The van der Waals surface area contributed by atoms with Gasteiger partial charge in [0, 0.05) is 11.1 Å². The van der Waals surface area contributed by atoms with Crippen molar-refractivity contribution in [2.24, 2.45) is 16.6 Å². The zero-order chi connectivity index (χ0) is 29.8. The number of hydrogen-bond acceptors (Lipinski definition) is 8. The summed E-state index contributed by atoms with van der Waals surface area (Å²) < 4.78 is 5.34. The standard InChI is InChI=1S/C32H32N6O4/c1-19(2)27(29(40)31-35-26(42-37-31)17-21-11-9-10-20(3)16-21)34-25(39)18-38-24-15-8-7-14-23(24)28(36-30(33)32(38)41)22-12-5-4-6-13-22/h4-16,19,27,30H,17-18,33H2,1-3H3,(H,34,39). The highest BCUT2D eigenvalue weighted by molar-refractivity contribution is 6.20. The van der Waals surface area contributed by atoms with E-state index in [4.69, 9.17) is 10.3 Å². The van der Waals surface area contributed by atoms with Crippen LogP contribution in [0.1, 0.15) is 52.6 Å². The molecule has 3 N–H and O–H groups in total. The number of hydrogen-bond donors (Lipinski definition) is 2. The number of aromatic nitrogens is 2. The predicted octanol–water partition coefficient (Wildman–Crippen LogP) is 3.46. The molecular formula is C32H32N6O4. The van der Waals surface area contributed by atoms with Crippen molar-refractivity contribution in [3.63, 3.8) is 0 Å². The van der Waals surface area contributed by atoms with Gasteiger partial charge in [-0.15, -0.1) is 0 Å². The van der Waals surface area contributed by atoms with Crippen LogP contribution in [-0.2, 0) is 16.0 Å². The molecule has 0 saturated carbocycles. The first-order valence-electron chi connectivity index (χ1n) is 13.7. The van der Waals surface area contributed by atoms with Crippen molar-refractivity contribution in [2.45, 2.75) is 39.4 Å². The van der Waals surface area contributed by atoms with Crippen LogP contribution in [0.15, 0.2) is 88.4 Å². The Balaban J connectivity index is 1.34. The van der Waals surface area contributed by atoms with E-state index in [9.17, 15) is 14.4 Å². The van der Waals surface area contributed by atoms with Crippen LogP contribution in [0.5, 0.6) is 0 Å². The molecule has 42 heavy (non-hydrogen) atoms. The highest BCUT2D eigenvalue weighted by atomic mass is 16.5. The Labute approximate surface area is 243 Å². The summed E-state index contributed by atoms with van der Waals surface area (Å²) in [6.07, 6.45) is -0.834. The highest BCUT2D eigenvalue weighted by Crippen LogP contribution is 2.27. The molecule has 2 unspecified atom stereocenters. The number of aryl methyl sites for hydroxylation is 1. The number of nitrogens with zero attached hydrogens (tertiary/aromatic N) is 4. The van der Waals surface area contributed by atoms with Crippen LogP contribution in [0.2, 0.25) is 0 Å². The van der Waals surface area contributed by atoms with E-state index in [1.165, 1.54) is 4.90 Å². The molecule has 10 heteroatoms. The highest BCUT2D eigenvalue weighted by Gasteiger charge is 2.34. The van der Waals surface area contributed by atoms with Crippen LogP contribution < -0.4 is 16.0 Å². The predicted molar refractivity (Wildman–Crippen MR) is 158 cm³/mol. The van der Waals surface area contributed by atoms with E-state index in [0.29, 0.717) is 29.3 Å². The molecule has 2 atom stereocenters. The van der Waals surface area contributed by atoms with E-state index in [1.807, 2.05) is 73.7 Å². The van der Waals surface area contributed by atoms with Crippen LogP contribution in [0.25, 0.3) is 0 Å². The fraction of sp³-hybridized carbons (Fsp3) is 0.250. The second-order valence-corrected chi connectivity index (χ2v) is 10.6. The molecule has 214 valence electrons. The first kappa shape index (κ1) is 28.6. The van der Waals surface area contributed by atoms with Crippen molar-refractivity contribution < 1.29 is 18.9 Å². The quantitative estimate of drug-likeness (QED) is 0.296. The second kappa shape index (κ2) is 12.3. The molecule has 2 amide bonds. The molecule has 5 rings (SSSR count). The Bertz CT molecular complexity index is 1650. The van der Waals surface area contributed by atoms with E-state index in [-0.39, 0.29) is 18.3 Å². The fourth-order valence-corrected chi connectivity index (χ4v) is 4.90. The van der Waals surface area contributed by atoms with Gasteiger partial charge in [0.25, 0.3) is 5.91 Å². The van der Waals surface area contributed by atoms with E-state index in [2.05, 4.69) is 20.4 Å². The number of benzodiazepines with no additional fused rings is 1. The van der Waals surface area contributed by atoms with Gasteiger partial charge >= 0.3 is 0 Å². The number of amides is 2. The van der Waals surface area contributed by atoms with Gasteiger partial charge in [0.2, 0.25) is 23.4 Å². The molecule has 0 saturated heterocycles. The summed E-state index contributed by atoms with van der Waals surface area (Å²) in [5.74, 6) is -1.66. The van der Waals surface area contributed by atoms with Crippen LogP contribution >= 0.6 is 0 Å². The summed E-state index contributed by atoms with van der Waals surface area (Å²) in [6.45, 7) is 5.24. The van der Waals surface area contributed by atoms with Crippen molar-refractivity contribution in [1.29, 1.82) is 0 Å². The van der Waals surface area contributed by atoms with E-state index in [0.717, 1.165) is 16.7 Å². The number of carbonyl (C=O) groups is 3. The number of aliphatic imine (C=N–C) groups is 1. The summed E-state index contributed by atoms with van der Waals surface area (Å²) in [5.41, 5.74) is 10.8. The topological polar surface area (TPSA) is 144 Å². The first-order valence-corrected chi connectivity index (χ1v) is 13.7. The first-order chi connectivity index (χ1) is 20.2. The van der Waals surface area contributed by atoms with Crippen molar-refractivity contribution in [3.05, 3.63) is 113 Å². The van der Waals surface area contributed by atoms with Gasteiger partial charge in [-0.05, 0) is 24.5 Å². The van der Waals surface area contributed by atoms with Crippen molar-refractivity contribution in [1.82, 2.24) is 15.5 Å². The lowest BCUT2D eigenvalue weighted by Crippen LogP contribution is -2.51. The molecule has 1 aliphatic rings. The number of carbonyl (C=O) groups excluding carboxylic acids is 3. The molecule has 0 bridgehead atoms. The SMILES string of the molecule is Cc1cccc(Cc2nc(C(=O)C(NC(=O)CN3C(=O)C(N)N=C(c4ccccc4)c4ccccc43)C(C)C)no2)c1.